The number of sulfone groups is 1. The summed E-state index contributed by atoms with van der Waals surface area (Å²) in [6.07, 6.45) is 5.35. The van der Waals surface area contributed by atoms with E-state index in [1.165, 1.54) is 16.7 Å². The van der Waals surface area contributed by atoms with Gasteiger partial charge in [0.05, 0.1) is 22.6 Å². The van der Waals surface area contributed by atoms with Gasteiger partial charge in [0.2, 0.25) is 15.7 Å². The van der Waals surface area contributed by atoms with Crippen molar-refractivity contribution in [2.45, 2.75) is 61.8 Å². The first-order valence-corrected chi connectivity index (χ1v) is 14.9. The number of aromatic hydroxyl groups is 1. The van der Waals surface area contributed by atoms with E-state index in [1.807, 2.05) is 32.0 Å². The van der Waals surface area contributed by atoms with Crippen LogP contribution in [0.15, 0.2) is 81.4 Å². The van der Waals surface area contributed by atoms with Crippen LogP contribution in [0.1, 0.15) is 61.3 Å². The summed E-state index contributed by atoms with van der Waals surface area (Å²) in [5.41, 5.74) is 2.85. The lowest BCUT2D eigenvalue weighted by molar-refractivity contribution is 0.399. The van der Waals surface area contributed by atoms with Crippen LogP contribution in [0, 0.1) is 24.2 Å². The van der Waals surface area contributed by atoms with E-state index in [2.05, 4.69) is 16.0 Å². The summed E-state index contributed by atoms with van der Waals surface area (Å²) in [6.45, 7) is 3.88. The second-order valence-electron chi connectivity index (χ2n) is 10.1. The summed E-state index contributed by atoms with van der Waals surface area (Å²) in [6, 6.07) is 18.6. The summed E-state index contributed by atoms with van der Waals surface area (Å²) < 4.78 is 29.1. The van der Waals surface area contributed by atoms with Crippen LogP contribution in [0.5, 0.6) is 5.88 Å². The van der Waals surface area contributed by atoms with Crippen molar-refractivity contribution in [3.05, 3.63) is 99.9 Å². The van der Waals surface area contributed by atoms with Crippen LogP contribution in [-0.4, -0.2) is 28.1 Å². The molecule has 1 aliphatic carbocycles. The van der Waals surface area contributed by atoms with Crippen molar-refractivity contribution in [1.82, 2.24) is 14.5 Å². The molecule has 9 heteroatoms. The Morgan fingerprint density at radius 2 is 1.88 bits per heavy atom. The molecule has 8 nitrogen and oxygen atoms in total. The first-order chi connectivity index (χ1) is 19.3. The minimum Gasteiger partial charge on any atom is -0.492 e. The van der Waals surface area contributed by atoms with Crippen LogP contribution in [-0.2, 0) is 16.3 Å². The third kappa shape index (κ3) is 5.15. The van der Waals surface area contributed by atoms with Crippen LogP contribution in [0.2, 0.25) is 0 Å². The Hall–Kier alpha value is -4.29. The van der Waals surface area contributed by atoms with E-state index in [0.29, 0.717) is 24.2 Å². The van der Waals surface area contributed by atoms with Gasteiger partial charge >= 0.3 is 0 Å². The number of aryl methyl sites for hydroxylation is 2. The van der Waals surface area contributed by atoms with Gasteiger partial charge in [-0.2, -0.15) is 10.2 Å². The minimum atomic E-state index is -4.42. The molecular weight excluding hydrogens is 524 g/mol. The van der Waals surface area contributed by atoms with E-state index in [0.717, 1.165) is 41.6 Å². The second kappa shape index (κ2) is 11.1. The Labute approximate surface area is 233 Å². The van der Waals surface area contributed by atoms with Crippen molar-refractivity contribution in [2.75, 3.05) is 0 Å². The quantitative estimate of drug-likeness (QED) is 0.295. The van der Waals surface area contributed by atoms with E-state index >= 15 is 0 Å². The molecule has 1 saturated carbocycles. The molecule has 0 radical (unpaired) electrons. The largest absolute Gasteiger partial charge is 0.492 e. The van der Waals surface area contributed by atoms with Crippen molar-refractivity contribution < 1.29 is 13.5 Å². The van der Waals surface area contributed by atoms with Gasteiger partial charge in [0.15, 0.2) is 4.90 Å². The van der Waals surface area contributed by atoms with Gasteiger partial charge in [0, 0.05) is 23.9 Å². The number of nitriles is 1. The molecule has 1 atom stereocenters. The summed E-state index contributed by atoms with van der Waals surface area (Å²) in [4.78, 5) is 21.9. The number of rotatable bonds is 9. The zero-order valence-corrected chi connectivity index (χ0v) is 23.2. The Balaban J connectivity index is 1.66. The molecule has 0 unspecified atom stereocenters. The summed E-state index contributed by atoms with van der Waals surface area (Å²) >= 11 is 0. The number of hydrogen-bond acceptors (Lipinski definition) is 7. The molecule has 204 valence electrons. The fourth-order valence-corrected chi connectivity index (χ4v) is 6.48. The van der Waals surface area contributed by atoms with Gasteiger partial charge < -0.3 is 5.11 Å². The number of unbranched alkanes of at least 4 members (excludes halogenated alkanes) is 1. The molecular formula is C31H30N4O4S. The molecule has 5 rings (SSSR count). The van der Waals surface area contributed by atoms with Crippen LogP contribution >= 0.6 is 0 Å². The van der Waals surface area contributed by atoms with Gasteiger partial charge in [-0.15, -0.1) is 0 Å². The Morgan fingerprint density at radius 1 is 1.12 bits per heavy atom. The first kappa shape index (κ1) is 27.3. The van der Waals surface area contributed by atoms with Crippen LogP contribution in [0.3, 0.4) is 0 Å². The molecule has 0 amide bonds. The molecule has 40 heavy (non-hydrogen) atoms. The van der Waals surface area contributed by atoms with E-state index in [4.69, 9.17) is 0 Å². The highest BCUT2D eigenvalue weighted by Crippen LogP contribution is 2.44. The van der Waals surface area contributed by atoms with Gasteiger partial charge in [0.25, 0.3) is 5.56 Å². The lowest BCUT2D eigenvalue weighted by Gasteiger charge is -2.24. The molecule has 0 spiro atoms. The van der Waals surface area contributed by atoms with Gasteiger partial charge in [-0.3, -0.25) is 14.3 Å². The third-order valence-corrected chi connectivity index (χ3v) is 9.13. The SMILES string of the molecule is CCCCc1nc(O)c(S(=O)(=O)c2ccc(-c3cccnc3C)cc2)c(=O)n1[C@H](c1cccc(C#N)c1)C1CC1. The van der Waals surface area contributed by atoms with Gasteiger partial charge in [-0.05, 0) is 73.6 Å². The predicted molar refractivity (Wildman–Crippen MR) is 151 cm³/mol. The maximum Gasteiger partial charge on any atom is 0.277 e. The topological polar surface area (TPSA) is 126 Å². The molecule has 1 aliphatic rings. The average Bonchev–Trinajstić information content (AvgIpc) is 3.79. The molecule has 2 heterocycles. The fraction of sp³-hybridized carbons (Fsp3) is 0.290. The lowest BCUT2D eigenvalue weighted by atomic mass is 9.99. The monoisotopic (exact) mass is 554 g/mol. The summed E-state index contributed by atoms with van der Waals surface area (Å²) in [5, 5.41) is 20.4. The maximum absolute atomic E-state index is 14.1. The zero-order chi connectivity index (χ0) is 28.4. The minimum absolute atomic E-state index is 0.0934. The molecule has 2 aromatic heterocycles. The second-order valence-corrected chi connectivity index (χ2v) is 12.0. The fourth-order valence-electron chi connectivity index (χ4n) is 5.14. The van der Waals surface area contributed by atoms with E-state index < -0.39 is 32.2 Å². The Morgan fingerprint density at radius 3 is 2.52 bits per heavy atom. The van der Waals surface area contributed by atoms with Crippen molar-refractivity contribution in [1.29, 1.82) is 5.26 Å². The third-order valence-electron chi connectivity index (χ3n) is 7.34. The number of hydrogen-bond donors (Lipinski definition) is 1. The van der Waals surface area contributed by atoms with E-state index in [1.54, 1.807) is 36.5 Å². The van der Waals surface area contributed by atoms with Crippen LogP contribution in [0.4, 0.5) is 0 Å². The molecule has 1 N–H and O–H groups in total. The highest BCUT2D eigenvalue weighted by molar-refractivity contribution is 7.91. The van der Waals surface area contributed by atoms with Crippen molar-refractivity contribution in [3.63, 3.8) is 0 Å². The average molecular weight is 555 g/mol. The van der Waals surface area contributed by atoms with Gasteiger partial charge in [-0.25, -0.2) is 8.42 Å². The number of benzene rings is 2. The van der Waals surface area contributed by atoms with Crippen molar-refractivity contribution in [3.8, 4) is 23.1 Å². The standard InChI is InChI=1S/C31H30N4O4S/c1-3-4-10-27-34-30(36)29(31(37)35(27)28(23-11-12-23)24-8-5-7-21(18-24)19-32)40(38,39)25-15-13-22(14-16-25)26-9-6-17-33-20(26)2/h5-9,13-18,23,28,36H,3-4,10-12H2,1-2H3/t28-/m0/s1. The smallest absolute Gasteiger partial charge is 0.277 e. The highest BCUT2D eigenvalue weighted by Gasteiger charge is 2.38. The van der Waals surface area contributed by atoms with Crippen LogP contribution < -0.4 is 5.56 Å². The number of nitrogens with zero attached hydrogens (tertiary/aromatic N) is 4. The number of aromatic nitrogens is 3. The Kier molecular flexibility index (Phi) is 7.55. The molecule has 2 aromatic carbocycles. The van der Waals surface area contributed by atoms with E-state index in [9.17, 15) is 23.6 Å². The van der Waals surface area contributed by atoms with Gasteiger partial charge in [0.1, 0.15) is 5.82 Å². The zero-order valence-electron chi connectivity index (χ0n) is 22.4. The summed E-state index contributed by atoms with van der Waals surface area (Å²) in [7, 11) is -4.42. The normalized spacial score (nSPS) is 14.0. The molecule has 0 aliphatic heterocycles. The maximum atomic E-state index is 14.1. The molecule has 4 aromatic rings. The lowest BCUT2D eigenvalue weighted by Crippen LogP contribution is -2.34. The van der Waals surface area contributed by atoms with E-state index in [-0.39, 0.29) is 10.8 Å². The summed E-state index contributed by atoms with van der Waals surface area (Å²) in [5.74, 6) is -0.360. The molecule has 0 saturated heterocycles. The highest BCUT2D eigenvalue weighted by atomic mass is 32.2. The van der Waals surface area contributed by atoms with Gasteiger partial charge in [-0.1, -0.05) is 43.7 Å². The first-order valence-electron chi connectivity index (χ1n) is 13.4. The van der Waals surface area contributed by atoms with Crippen LogP contribution in [0.25, 0.3) is 11.1 Å². The predicted octanol–water partition coefficient (Wildman–Crippen LogP) is 5.37. The molecule has 1 fully saturated rings. The molecule has 0 bridgehead atoms. The van der Waals surface area contributed by atoms with Crippen molar-refractivity contribution in [2.24, 2.45) is 5.92 Å². The Bertz CT molecular complexity index is 1770. The van der Waals surface area contributed by atoms with Crippen molar-refractivity contribution >= 4 is 9.84 Å². The number of pyridine rings is 1.